The number of rotatable bonds is 1. The molecular weight excluding hydrogens is 206 g/mol. The molecule has 2 rings (SSSR count). The van der Waals surface area contributed by atoms with Gasteiger partial charge in [0.15, 0.2) is 0 Å². The molecule has 0 bridgehead atoms. The Kier molecular flexibility index (Phi) is 3.02. The van der Waals surface area contributed by atoms with Crippen molar-refractivity contribution < 1.29 is 4.79 Å². The van der Waals surface area contributed by atoms with Crippen LogP contribution in [-0.2, 0) is 4.79 Å². The van der Waals surface area contributed by atoms with Crippen LogP contribution in [0.15, 0.2) is 0 Å². The van der Waals surface area contributed by atoms with Crippen LogP contribution >= 0.6 is 11.8 Å². The minimum absolute atomic E-state index is 0.0723. The van der Waals surface area contributed by atoms with E-state index in [9.17, 15) is 4.79 Å². The van der Waals surface area contributed by atoms with Crippen molar-refractivity contribution in [2.45, 2.75) is 44.9 Å². The van der Waals surface area contributed by atoms with E-state index in [2.05, 4.69) is 26.1 Å². The number of hydrogen-bond acceptors (Lipinski definition) is 2. The van der Waals surface area contributed by atoms with Gasteiger partial charge in [-0.05, 0) is 30.6 Å². The molecule has 1 saturated heterocycles. The minimum Gasteiger partial charge on any atom is -0.341 e. The molecule has 1 N–H and O–H groups in total. The lowest BCUT2D eigenvalue weighted by Crippen LogP contribution is -2.51. The lowest BCUT2D eigenvalue weighted by atomic mass is 9.73. The van der Waals surface area contributed by atoms with Crippen molar-refractivity contribution in [3.8, 4) is 0 Å². The quantitative estimate of drug-likeness (QED) is 0.746. The van der Waals surface area contributed by atoms with Crippen LogP contribution in [0.1, 0.15) is 40.0 Å². The zero-order valence-electron chi connectivity index (χ0n) is 9.88. The summed E-state index contributed by atoms with van der Waals surface area (Å²) in [6.45, 7) is 6.88. The van der Waals surface area contributed by atoms with Gasteiger partial charge in [-0.1, -0.05) is 27.2 Å². The minimum atomic E-state index is 0.0723. The Bertz CT molecular complexity index is 266. The first-order chi connectivity index (χ1) is 7.03. The first-order valence-electron chi connectivity index (χ1n) is 5.98. The summed E-state index contributed by atoms with van der Waals surface area (Å²) < 4.78 is 0. The third-order valence-electron chi connectivity index (χ3n) is 3.84. The number of thioether (sulfide) groups is 1. The van der Waals surface area contributed by atoms with Crippen LogP contribution in [0.25, 0.3) is 0 Å². The van der Waals surface area contributed by atoms with Crippen molar-refractivity contribution >= 4 is 17.7 Å². The van der Waals surface area contributed by atoms with Crippen LogP contribution in [-0.4, -0.2) is 16.5 Å². The topological polar surface area (TPSA) is 29.1 Å². The first-order valence-corrected chi connectivity index (χ1v) is 6.97. The van der Waals surface area contributed by atoms with Crippen molar-refractivity contribution in [3.63, 3.8) is 0 Å². The molecule has 2 aliphatic rings. The van der Waals surface area contributed by atoms with E-state index in [0.717, 1.165) is 12.3 Å². The third kappa shape index (κ3) is 2.03. The summed E-state index contributed by atoms with van der Waals surface area (Å²) in [5.74, 6) is 2.98. The second-order valence-electron chi connectivity index (χ2n) is 5.46. The molecule has 1 saturated carbocycles. The molecule has 1 aliphatic heterocycles. The molecule has 1 spiro atoms. The molecule has 0 aromatic heterocycles. The fraction of sp³-hybridized carbons (Fsp3) is 0.917. The molecule has 0 radical (unpaired) electrons. The predicted molar refractivity (Wildman–Crippen MR) is 64.7 cm³/mol. The molecule has 2 nitrogen and oxygen atoms in total. The zero-order chi connectivity index (χ0) is 11.1. The largest absolute Gasteiger partial charge is 0.341 e. The van der Waals surface area contributed by atoms with Crippen LogP contribution in [0.3, 0.4) is 0 Å². The second kappa shape index (κ2) is 4.00. The molecule has 3 heteroatoms. The highest BCUT2D eigenvalue weighted by Crippen LogP contribution is 2.49. The zero-order valence-corrected chi connectivity index (χ0v) is 10.7. The Hall–Kier alpha value is -0.180. The molecule has 86 valence electrons. The molecule has 0 aromatic carbocycles. The molecule has 15 heavy (non-hydrogen) atoms. The second-order valence-corrected chi connectivity index (χ2v) is 6.77. The van der Waals surface area contributed by atoms with E-state index in [1.807, 2.05) is 11.8 Å². The maximum absolute atomic E-state index is 11.5. The summed E-state index contributed by atoms with van der Waals surface area (Å²) in [5, 5.41) is 3.26. The summed E-state index contributed by atoms with van der Waals surface area (Å²) in [4.78, 5) is 11.5. The van der Waals surface area contributed by atoms with Crippen molar-refractivity contribution in [1.82, 2.24) is 5.32 Å². The smallest absolute Gasteiger partial charge is 0.231 e. The van der Waals surface area contributed by atoms with Gasteiger partial charge in [0.25, 0.3) is 0 Å². The van der Waals surface area contributed by atoms with Crippen LogP contribution in [0, 0.1) is 17.8 Å². The van der Waals surface area contributed by atoms with E-state index in [1.165, 1.54) is 12.8 Å². The van der Waals surface area contributed by atoms with Gasteiger partial charge in [-0.15, -0.1) is 11.8 Å². The monoisotopic (exact) mass is 227 g/mol. The van der Waals surface area contributed by atoms with Crippen molar-refractivity contribution in [2.24, 2.45) is 17.8 Å². The number of hydrogen-bond donors (Lipinski definition) is 1. The highest BCUT2D eigenvalue weighted by molar-refractivity contribution is 8.01. The molecule has 3 atom stereocenters. The van der Waals surface area contributed by atoms with Gasteiger partial charge in [-0.2, -0.15) is 0 Å². The number of amides is 1. The number of carbonyl (C=O) groups excluding carboxylic acids is 1. The molecule has 0 unspecified atom stereocenters. The van der Waals surface area contributed by atoms with Gasteiger partial charge in [0.05, 0.1) is 10.6 Å². The van der Waals surface area contributed by atoms with Crippen molar-refractivity contribution in [2.75, 3.05) is 5.75 Å². The number of carbonyl (C=O) groups is 1. The van der Waals surface area contributed by atoms with E-state index in [1.54, 1.807) is 0 Å². The van der Waals surface area contributed by atoms with E-state index in [4.69, 9.17) is 0 Å². The lowest BCUT2D eigenvalue weighted by molar-refractivity contribution is -0.119. The van der Waals surface area contributed by atoms with Gasteiger partial charge < -0.3 is 5.32 Å². The third-order valence-corrected chi connectivity index (χ3v) is 5.33. The fourth-order valence-electron chi connectivity index (χ4n) is 3.15. The van der Waals surface area contributed by atoms with Gasteiger partial charge in [0.1, 0.15) is 0 Å². The Balaban J connectivity index is 2.19. The predicted octanol–water partition coefficient (Wildman–Crippen LogP) is 2.64. The Morgan fingerprint density at radius 2 is 2.20 bits per heavy atom. The lowest BCUT2D eigenvalue weighted by Gasteiger charge is -2.45. The summed E-state index contributed by atoms with van der Waals surface area (Å²) in [7, 11) is 0. The summed E-state index contributed by atoms with van der Waals surface area (Å²) in [6.07, 6.45) is 3.75. The molecule has 1 amide bonds. The normalized spacial score (nSPS) is 41.2. The van der Waals surface area contributed by atoms with Crippen LogP contribution in [0.5, 0.6) is 0 Å². The van der Waals surface area contributed by atoms with Gasteiger partial charge in [-0.25, -0.2) is 0 Å². The maximum Gasteiger partial charge on any atom is 0.231 e. The van der Waals surface area contributed by atoms with Gasteiger partial charge in [-0.3, -0.25) is 4.79 Å². The molecule has 0 aromatic rings. The molecule has 1 aliphatic carbocycles. The van der Waals surface area contributed by atoms with E-state index in [-0.39, 0.29) is 10.8 Å². The van der Waals surface area contributed by atoms with Gasteiger partial charge in [0.2, 0.25) is 5.91 Å². The van der Waals surface area contributed by atoms with Crippen molar-refractivity contribution in [3.05, 3.63) is 0 Å². The summed E-state index contributed by atoms with van der Waals surface area (Å²) in [6, 6.07) is 0. The van der Waals surface area contributed by atoms with E-state index in [0.29, 0.717) is 17.6 Å². The van der Waals surface area contributed by atoms with Gasteiger partial charge in [0, 0.05) is 0 Å². The van der Waals surface area contributed by atoms with E-state index < -0.39 is 0 Å². The Labute approximate surface area is 96.6 Å². The molecular formula is C12H21NOS. The standard InChI is InChI=1S/C12H21NOS/c1-8(2)10-5-4-9(3)6-12(10)13-11(14)7-15-12/h8-10H,4-7H2,1-3H3,(H,13,14)/t9-,10+,12+/m1/s1. The molecule has 2 fully saturated rings. The highest BCUT2D eigenvalue weighted by atomic mass is 32.2. The maximum atomic E-state index is 11.5. The van der Waals surface area contributed by atoms with Crippen LogP contribution < -0.4 is 5.32 Å². The number of nitrogens with one attached hydrogen (secondary N) is 1. The van der Waals surface area contributed by atoms with Crippen LogP contribution in [0.4, 0.5) is 0 Å². The van der Waals surface area contributed by atoms with E-state index >= 15 is 0 Å². The van der Waals surface area contributed by atoms with Crippen molar-refractivity contribution in [1.29, 1.82) is 0 Å². The highest BCUT2D eigenvalue weighted by Gasteiger charge is 2.48. The molecule has 1 heterocycles. The van der Waals surface area contributed by atoms with Crippen LogP contribution in [0.2, 0.25) is 0 Å². The van der Waals surface area contributed by atoms with Gasteiger partial charge >= 0.3 is 0 Å². The Morgan fingerprint density at radius 1 is 1.47 bits per heavy atom. The average molecular weight is 227 g/mol. The first kappa shape index (κ1) is 11.3. The summed E-state index contributed by atoms with van der Waals surface area (Å²) >= 11 is 1.85. The Morgan fingerprint density at radius 3 is 2.73 bits per heavy atom. The average Bonchev–Trinajstić information content (AvgIpc) is 2.47. The SMILES string of the molecule is CC(C)[C@@H]1CC[C@@H](C)C[C@@]12NC(=O)CS2. The fourth-order valence-corrected chi connectivity index (χ4v) is 4.81. The summed E-state index contributed by atoms with van der Waals surface area (Å²) in [5.41, 5.74) is 0.